The lowest BCUT2D eigenvalue weighted by atomic mass is 9.79. The molecule has 1 amide bonds. The molecule has 0 aromatic carbocycles. The quantitative estimate of drug-likeness (QED) is 0.795. The molecule has 0 spiro atoms. The van der Waals surface area contributed by atoms with Crippen LogP contribution in [-0.2, 0) is 4.79 Å². The fourth-order valence-corrected chi connectivity index (χ4v) is 3.15. The zero-order valence-electron chi connectivity index (χ0n) is 12.0. The number of carbonyl (C=O) groups excluding carboxylic acids is 1. The molecule has 0 aliphatic carbocycles. The molecular weight excluding hydrogens is 226 g/mol. The zero-order chi connectivity index (χ0) is 13.2. The topological polar surface area (TPSA) is 35.6 Å². The smallest absolute Gasteiger partial charge is 0.228 e. The molecule has 2 fully saturated rings. The fourth-order valence-electron chi connectivity index (χ4n) is 3.15. The van der Waals surface area contributed by atoms with Gasteiger partial charge in [0, 0.05) is 31.1 Å². The van der Waals surface area contributed by atoms with E-state index >= 15 is 0 Å². The van der Waals surface area contributed by atoms with Crippen molar-refractivity contribution in [2.24, 2.45) is 5.41 Å². The Kier molecular flexibility index (Phi) is 4.28. The summed E-state index contributed by atoms with van der Waals surface area (Å²) in [5.41, 5.74) is -0.126. The van der Waals surface area contributed by atoms with Gasteiger partial charge in [-0.25, -0.2) is 0 Å². The Labute approximate surface area is 111 Å². The number of rotatable bonds is 2. The molecule has 0 saturated carbocycles. The predicted molar refractivity (Wildman–Crippen MR) is 73.5 cm³/mol. The normalized spacial score (nSPS) is 29.3. The minimum atomic E-state index is -0.126. The number of hydrogen-bond acceptors (Lipinski definition) is 3. The van der Waals surface area contributed by atoms with Gasteiger partial charge in [-0.15, -0.1) is 0 Å². The molecule has 104 valence electrons. The SMILES string of the molecule is CCC1CN(C(=O)C2(C)CCNCC2)CCN1C. The monoisotopic (exact) mass is 253 g/mol. The van der Waals surface area contributed by atoms with Crippen LogP contribution in [0.4, 0.5) is 0 Å². The Bertz CT molecular complexity index is 299. The van der Waals surface area contributed by atoms with E-state index in [4.69, 9.17) is 0 Å². The number of amides is 1. The summed E-state index contributed by atoms with van der Waals surface area (Å²) in [5.74, 6) is 0.385. The molecule has 4 heteroatoms. The average Bonchev–Trinajstić information content (AvgIpc) is 2.39. The van der Waals surface area contributed by atoms with Gasteiger partial charge >= 0.3 is 0 Å². The maximum absolute atomic E-state index is 12.7. The van der Waals surface area contributed by atoms with Crippen molar-refractivity contribution in [1.29, 1.82) is 0 Å². The van der Waals surface area contributed by atoms with Crippen LogP contribution in [0, 0.1) is 5.41 Å². The van der Waals surface area contributed by atoms with Crippen LogP contribution in [-0.4, -0.2) is 61.5 Å². The van der Waals surface area contributed by atoms with Crippen molar-refractivity contribution < 1.29 is 4.79 Å². The molecule has 1 unspecified atom stereocenters. The van der Waals surface area contributed by atoms with Crippen LogP contribution in [0.3, 0.4) is 0 Å². The minimum Gasteiger partial charge on any atom is -0.339 e. The molecule has 2 rings (SSSR count). The van der Waals surface area contributed by atoms with Gasteiger partial charge in [-0.2, -0.15) is 0 Å². The summed E-state index contributed by atoms with van der Waals surface area (Å²) >= 11 is 0. The Hall–Kier alpha value is -0.610. The fraction of sp³-hybridized carbons (Fsp3) is 0.929. The summed E-state index contributed by atoms with van der Waals surface area (Å²) < 4.78 is 0. The molecule has 2 heterocycles. The summed E-state index contributed by atoms with van der Waals surface area (Å²) in [5, 5.41) is 3.35. The standard InChI is InChI=1S/C14H27N3O/c1-4-12-11-17(10-9-16(12)3)13(18)14(2)5-7-15-8-6-14/h12,15H,4-11H2,1-3H3. The van der Waals surface area contributed by atoms with E-state index in [2.05, 4.69) is 36.0 Å². The highest BCUT2D eigenvalue weighted by molar-refractivity contribution is 5.82. The highest BCUT2D eigenvalue weighted by atomic mass is 16.2. The molecule has 0 radical (unpaired) electrons. The number of piperazine rings is 1. The number of nitrogens with zero attached hydrogens (tertiary/aromatic N) is 2. The molecule has 0 bridgehead atoms. The van der Waals surface area contributed by atoms with Crippen LogP contribution in [0.1, 0.15) is 33.1 Å². The van der Waals surface area contributed by atoms with Crippen molar-refractivity contribution in [2.45, 2.75) is 39.2 Å². The minimum absolute atomic E-state index is 0.126. The van der Waals surface area contributed by atoms with Gasteiger partial charge in [0.1, 0.15) is 0 Å². The van der Waals surface area contributed by atoms with Crippen LogP contribution in [0.15, 0.2) is 0 Å². The lowest BCUT2D eigenvalue weighted by molar-refractivity contribution is -0.145. The van der Waals surface area contributed by atoms with Crippen molar-refractivity contribution in [3.05, 3.63) is 0 Å². The second-order valence-corrected chi connectivity index (χ2v) is 6.10. The number of nitrogens with one attached hydrogen (secondary N) is 1. The Morgan fingerprint density at radius 3 is 2.61 bits per heavy atom. The lowest BCUT2D eigenvalue weighted by Gasteiger charge is -2.43. The molecule has 2 aliphatic heterocycles. The van der Waals surface area contributed by atoms with Crippen molar-refractivity contribution in [1.82, 2.24) is 15.1 Å². The van der Waals surface area contributed by atoms with Crippen LogP contribution >= 0.6 is 0 Å². The lowest BCUT2D eigenvalue weighted by Crippen LogP contribution is -2.57. The summed E-state index contributed by atoms with van der Waals surface area (Å²) in [7, 11) is 2.17. The third-order valence-corrected chi connectivity index (χ3v) is 4.76. The second kappa shape index (κ2) is 5.57. The van der Waals surface area contributed by atoms with E-state index in [1.165, 1.54) is 0 Å². The van der Waals surface area contributed by atoms with Gasteiger partial charge in [0.25, 0.3) is 0 Å². The number of hydrogen-bond donors (Lipinski definition) is 1. The second-order valence-electron chi connectivity index (χ2n) is 6.10. The largest absolute Gasteiger partial charge is 0.339 e. The molecule has 2 aliphatic rings. The number of carbonyl (C=O) groups is 1. The van der Waals surface area contributed by atoms with Gasteiger partial charge in [0.05, 0.1) is 0 Å². The molecule has 1 atom stereocenters. The Morgan fingerprint density at radius 2 is 2.00 bits per heavy atom. The third-order valence-electron chi connectivity index (χ3n) is 4.76. The van der Waals surface area contributed by atoms with Gasteiger partial charge < -0.3 is 10.2 Å². The van der Waals surface area contributed by atoms with Gasteiger partial charge in [-0.1, -0.05) is 13.8 Å². The first-order chi connectivity index (χ1) is 8.57. The Balaban J connectivity index is 2.00. The maximum Gasteiger partial charge on any atom is 0.228 e. The number of likely N-dealkylation sites (N-methyl/N-ethyl adjacent to an activating group) is 1. The van der Waals surface area contributed by atoms with Crippen LogP contribution < -0.4 is 5.32 Å². The first-order valence-corrected chi connectivity index (χ1v) is 7.27. The average molecular weight is 253 g/mol. The van der Waals surface area contributed by atoms with E-state index in [0.29, 0.717) is 11.9 Å². The molecule has 4 nitrogen and oxygen atoms in total. The van der Waals surface area contributed by atoms with Gasteiger partial charge in [-0.3, -0.25) is 9.69 Å². The molecular formula is C14H27N3O. The Morgan fingerprint density at radius 1 is 1.33 bits per heavy atom. The summed E-state index contributed by atoms with van der Waals surface area (Å²) in [6.07, 6.45) is 3.09. The van der Waals surface area contributed by atoms with E-state index in [1.54, 1.807) is 0 Å². The molecule has 1 N–H and O–H groups in total. The van der Waals surface area contributed by atoms with E-state index < -0.39 is 0 Å². The van der Waals surface area contributed by atoms with Crippen molar-refractivity contribution in [3.63, 3.8) is 0 Å². The highest BCUT2D eigenvalue weighted by Gasteiger charge is 2.39. The maximum atomic E-state index is 12.7. The van der Waals surface area contributed by atoms with Gasteiger partial charge in [-0.05, 0) is 39.4 Å². The van der Waals surface area contributed by atoms with Crippen LogP contribution in [0.25, 0.3) is 0 Å². The van der Waals surface area contributed by atoms with E-state index in [1.807, 2.05) is 0 Å². The first-order valence-electron chi connectivity index (χ1n) is 7.27. The number of piperidine rings is 1. The molecule has 0 aromatic rings. The summed E-state index contributed by atoms with van der Waals surface area (Å²) in [6, 6.07) is 0.535. The summed E-state index contributed by atoms with van der Waals surface area (Å²) in [6.45, 7) is 9.14. The van der Waals surface area contributed by atoms with E-state index in [9.17, 15) is 4.79 Å². The van der Waals surface area contributed by atoms with E-state index in [0.717, 1.165) is 52.0 Å². The third kappa shape index (κ3) is 2.69. The van der Waals surface area contributed by atoms with Gasteiger partial charge in [0.15, 0.2) is 0 Å². The van der Waals surface area contributed by atoms with Crippen LogP contribution in [0.2, 0.25) is 0 Å². The predicted octanol–water partition coefficient (Wildman–Crippen LogP) is 0.929. The van der Waals surface area contributed by atoms with Crippen LogP contribution in [0.5, 0.6) is 0 Å². The zero-order valence-corrected chi connectivity index (χ0v) is 12.0. The molecule has 2 saturated heterocycles. The molecule has 0 aromatic heterocycles. The van der Waals surface area contributed by atoms with Crippen molar-refractivity contribution in [3.8, 4) is 0 Å². The van der Waals surface area contributed by atoms with Crippen molar-refractivity contribution in [2.75, 3.05) is 39.8 Å². The summed E-state index contributed by atoms with van der Waals surface area (Å²) in [4.78, 5) is 17.2. The first kappa shape index (κ1) is 13.8. The van der Waals surface area contributed by atoms with Gasteiger partial charge in [0.2, 0.25) is 5.91 Å². The van der Waals surface area contributed by atoms with E-state index in [-0.39, 0.29) is 5.41 Å². The highest BCUT2D eigenvalue weighted by Crippen LogP contribution is 2.31. The van der Waals surface area contributed by atoms with Crippen molar-refractivity contribution >= 4 is 5.91 Å². The molecule has 18 heavy (non-hydrogen) atoms.